The number of halogens is 2. The highest BCUT2D eigenvalue weighted by molar-refractivity contribution is 6.27. The van der Waals surface area contributed by atoms with Gasteiger partial charge in [0, 0.05) is 11.6 Å². The van der Waals surface area contributed by atoms with Crippen LogP contribution in [0.15, 0.2) is 37.7 Å². The van der Waals surface area contributed by atoms with Crippen LogP contribution in [-0.4, -0.2) is 4.57 Å². The van der Waals surface area contributed by atoms with Gasteiger partial charge in [-0.15, -0.1) is 0 Å². The van der Waals surface area contributed by atoms with Crippen LogP contribution in [-0.2, 0) is 13.1 Å². The Morgan fingerprint density at radius 3 is 2.69 bits per heavy atom. The van der Waals surface area contributed by atoms with Gasteiger partial charge in [0.2, 0.25) is 0 Å². The minimum Gasteiger partial charge on any atom is -1.00 e. The van der Waals surface area contributed by atoms with E-state index in [9.17, 15) is 0 Å². The lowest BCUT2D eigenvalue weighted by Crippen LogP contribution is -3.00. The zero-order chi connectivity index (χ0) is 8.97. The minimum atomic E-state index is 0. The van der Waals surface area contributed by atoms with Crippen molar-refractivity contribution < 1.29 is 17.0 Å². The van der Waals surface area contributed by atoms with Crippen molar-refractivity contribution in [2.45, 2.75) is 13.1 Å². The quantitative estimate of drug-likeness (QED) is 0.444. The van der Waals surface area contributed by atoms with Crippen LogP contribution < -0.4 is 17.0 Å². The Hall–Kier alpha value is -0.730. The molecule has 0 bridgehead atoms. The van der Waals surface area contributed by atoms with E-state index >= 15 is 0 Å². The molecule has 0 spiro atoms. The third-order valence-electron chi connectivity index (χ3n) is 1.55. The Kier molecular flexibility index (Phi) is 5.51. The second kappa shape index (κ2) is 5.84. The van der Waals surface area contributed by atoms with Gasteiger partial charge in [-0.1, -0.05) is 25.3 Å². The van der Waals surface area contributed by atoms with Gasteiger partial charge in [0.15, 0.2) is 0 Å². The van der Waals surface area contributed by atoms with Crippen molar-refractivity contribution >= 4 is 11.6 Å². The Morgan fingerprint density at radius 2 is 2.15 bits per heavy atom. The van der Waals surface area contributed by atoms with E-state index in [0.29, 0.717) is 5.28 Å². The Balaban J connectivity index is 0.00000144. The molecule has 0 saturated heterocycles. The third-order valence-corrected chi connectivity index (χ3v) is 1.99. The topological polar surface area (TPSA) is 8.81 Å². The predicted molar refractivity (Wildman–Crippen MR) is 50.0 cm³/mol. The standard InChI is InChI=1S/C9H12ClN2.ClH/c1-3-5-11-7-8-12(6-4-2)9(11)10;/h3-4,7-8H,1-2,5-6H2;1H/q+1;/p-1. The molecule has 1 heterocycles. The lowest BCUT2D eigenvalue weighted by molar-refractivity contribution is -0.684. The molecule has 0 amide bonds. The summed E-state index contributed by atoms with van der Waals surface area (Å²) < 4.78 is 3.83. The number of aromatic nitrogens is 2. The molecule has 72 valence electrons. The SMILES string of the molecule is C=CCn1cc[n+](CC=C)c1Cl.[Cl-]. The van der Waals surface area contributed by atoms with Gasteiger partial charge in [0.05, 0.1) is 0 Å². The second-order valence-electron chi connectivity index (χ2n) is 2.45. The zero-order valence-corrected chi connectivity index (χ0v) is 8.80. The fourth-order valence-corrected chi connectivity index (χ4v) is 1.25. The molecule has 0 N–H and O–H groups in total. The van der Waals surface area contributed by atoms with E-state index in [-0.39, 0.29) is 12.4 Å². The summed E-state index contributed by atoms with van der Waals surface area (Å²) in [5, 5.41) is 0.704. The van der Waals surface area contributed by atoms with Crippen LogP contribution in [0.5, 0.6) is 0 Å². The summed E-state index contributed by atoms with van der Waals surface area (Å²) in [5.74, 6) is 0. The van der Waals surface area contributed by atoms with Crippen molar-refractivity contribution in [1.29, 1.82) is 0 Å². The van der Waals surface area contributed by atoms with E-state index in [1.807, 2.05) is 33.7 Å². The van der Waals surface area contributed by atoms with Gasteiger partial charge in [-0.25, -0.2) is 9.13 Å². The third kappa shape index (κ3) is 2.90. The van der Waals surface area contributed by atoms with Crippen molar-refractivity contribution in [3.63, 3.8) is 0 Å². The van der Waals surface area contributed by atoms with E-state index in [0.717, 1.165) is 13.1 Å². The van der Waals surface area contributed by atoms with Gasteiger partial charge in [-0.2, -0.15) is 0 Å². The molecule has 13 heavy (non-hydrogen) atoms. The molecule has 0 saturated carbocycles. The minimum absolute atomic E-state index is 0. The molecule has 0 fully saturated rings. The Morgan fingerprint density at radius 1 is 1.46 bits per heavy atom. The largest absolute Gasteiger partial charge is 1.00 e. The van der Waals surface area contributed by atoms with Gasteiger partial charge < -0.3 is 12.4 Å². The first-order chi connectivity index (χ1) is 5.79. The summed E-state index contributed by atoms with van der Waals surface area (Å²) in [5.41, 5.74) is 0. The maximum Gasteiger partial charge on any atom is 0.355 e. The van der Waals surface area contributed by atoms with Crippen molar-refractivity contribution in [2.75, 3.05) is 0 Å². The summed E-state index contributed by atoms with van der Waals surface area (Å²) in [6.45, 7) is 8.76. The van der Waals surface area contributed by atoms with E-state index in [4.69, 9.17) is 11.6 Å². The van der Waals surface area contributed by atoms with Crippen LogP contribution in [0.1, 0.15) is 0 Å². The Labute approximate surface area is 89.5 Å². The maximum atomic E-state index is 6.01. The molecule has 0 aliphatic heterocycles. The highest BCUT2D eigenvalue weighted by atomic mass is 35.5. The Bertz CT molecular complexity index is 264. The fraction of sp³-hybridized carbons (Fsp3) is 0.222. The van der Waals surface area contributed by atoms with Crippen molar-refractivity contribution in [1.82, 2.24) is 4.57 Å². The summed E-state index contributed by atoms with van der Waals surface area (Å²) in [6.07, 6.45) is 7.47. The predicted octanol–water partition coefficient (Wildman–Crippen LogP) is -1.19. The highest BCUT2D eigenvalue weighted by Crippen LogP contribution is 2.02. The summed E-state index contributed by atoms with van der Waals surface area (Å²) in [6, 6.07) is 0. The van der Waals surface area contributed by atoms with E-state index in [1.54, 1.807) is 0 Å². The van der Waals surface area contributed by atoms with Crippen molar-refractivity contribution in [2.24, 2.45) is 0 Å². The number of nitrogens with zero attached hydrogens (tertiary/aromatic N) is 2. The van der Waals surface area contributed by atoms with Gasteiger partial charge in [0.1, 0.15) is 25.5 Å². The summed E-state index contributed by atoms with van der Waals surface area (Å²) in [4.78, 5) is 0. The molecule has 0 aliphatic rings. The lowest BCUT2D eigenvalue weighted by atomic mass is 10.6. The first-order valence-corrected chi connectivity index (χ1v) is 4.13. The molecule has 1 rings (SSSR count). The molecule has 4 heteroatoms. The van der Waals surface area contributed by atoms with Gasteiger partial charge in [-0.05, 0) is 0 Å². The number of imidazole rings is 1. The van der Waals surface area contributed by atoms with E-state index < -0.39 is 0 Å². The number of hydrogen-bond donors (Lipinski definition) is 0. The molecule has 1 aromatic heterocycles. The first-order valence-electron chi connectivity index (χ1n) is 3.75. The molecule has 0 radical (unpaired) electrons. The van der Waals surface area contributed by atoms with Crippen LogP contribution in [0.3, 0.4) is 0 Å². The average Bonchev–Trinajstić information content (AvgIpc) is 2.38. The number of hydrogen-bond acceptors (Lipinski definition) is 0. The summed E-state index contributed by atoms with van der Waals surface area (Å²) >= 11 is 6.01. The smallest absolute Gasteiger partial charge is 0.355 e. The van der Waals surface area contributed by atoms with Crippen LogP contribution in [0.4, 0.5) is 0 Å². The molecule has 0 atom stereocenters. The van der Waals surface area contributed by atoms with Crippen LogP contribution in [0, 0.1) is 0 Å². The second-order valence-corrected chi connectivity index (χ2v) is 2.79. The van der Waals surface area contributed by atoms with Gasteiger partial charge in [0.25, 0.3) is 0 Å². The number of allylic oxidation sites excluding steroid dienone is 2. The highest BCUT2D eigenvalue weighted by Gasteiger charge is 2.10. The van der Waals surface area contributed by atoms with Crippen LogP contribution >= 0.6 is 11.6 Å². The monoisotopic (exact) mass is 218 g/mol. The van der Waals surface area contributed by atoms with Gasteiger partial charge in [-0.3, -0.25) is 0 Å². The van der Waals surface area contributed by atoms with E-state index in [2.05, 4.69) is 13.2 Å². The normalized spacial score (nSPS) is 9.00. The van der Waals surface area contributed by atoms with Crippen molar-refractivity contribution in [3.05, 3.63) is 43.0 Å². The van der Waals surface area contributed by atoms with Crippen LogP contribution in [0.2, 0.25) is 5.28 Å². The van der Waals surface area contributed by atoms with E-state index in [1.165, 1.54) is 0 Å². The summed E-state index contributed by atoms with van der Waals surface area (Å²) in [7, 11) is 0. The molecular formula is C9H12Cl2N2. The maximum absolute atomic E-state index is 6.01. The van der Waals surface area contributed by atoms with Crippen molar-refractivity contribution in [3.8, 4) is 0 Å². The van der Waals surface area contributed by atoms with Gasteiger partial charge >= 0.3 is 5.28 Å². The average molecular weight is 219 g/mol. The molecule has 0 unspecified atom stereocenters. The van der Waals surface area contributed by atoms with Crippen LogP contribution in [0.25, 0.3) is 0 Å². The molecule has 1 aromatic rings. The molecule has 0 aromatic carbocycles. The fourth-order valence-electron chi connectivity index (χ4n) is 0.999. The molecular weight excluding hydrogens is 207 g/mol. The lowest BCUT2D eigenvalue weighted by Gasteiger charge is -1.92. The molecule has 0 aliphatic carbocycles. The first kappa shape index (κ1) is 12.3. The zero-order valence-electron chi connectivity index (χ0n) is 7.29. The number of rotatable bonds is 4. The molecule has 2 nitrogen and oxygen atoms in total.